The molecule has 24 heavy (non-hydrogen) atoms. The summed E-state index contributed by atoms with van der Waals surface area (Å²) in [4.78, 5) is 23.9. The Balaban J connectivity index is 2.64. The van der Waals surface area contributed by atoms with Crippen LogP contribution in [0.1, 0.15) is 27.2 Å². The van der Waals surface area contributed by atoms with Crippen molar-refractivity contribution in [2.45, 2.75) is 39.3 Å². The second-order valence-electron chi connectivity index (χ2n) is 5.87. The van der Waals surface area contributed by atoms with Gasteiger partial charge in [0.15, 0.2) is 0 Å². The number of benzene rings is 1. The van der Waals surface area contributed by atoms with Crippen LogP contribution in [0.3, 0.4) is 0 Å². The van der Waals surface area contributed by atoms with E-state index < -0.39 is 6.04 Å². The second-order valence-corrected chi connectivity index (χ2v) is 5.87. The van der Waals surface area contributed by atoms with Crippen molar-refractivity contribution in [1.82, 2.24) is 5.32 Å². The number of methoxy groups -OCH3 is 1. The van der Waals surface area contributed by atoms with E-state index in [1.54, 1.807) is 37.5 Å². The Bertz CT molecular complexity index is 567. The van der Waals surface area contributed by atoms with Gasteiger partial charge in [0.2, 0.25) is 11.8 Å². The number of nitrogens with two attached hydrogens (primary N) is 1. The highest BCUT2D eigenvalue weighted by atomic mass is 16.5. The highest BCUT2D eigenvalue weighted by Crippen LogP contribution is 2.15. The van der Waals surface area contributed by atoms with Crippen LogP contribution in [0.5, 0.6) is 5.75 Å². The molecule has 0 saturated heterocycles. The number of rotatable bonds is 8. The Labute approximate surface area is 143 Å². The Morgan fingerprint density at radius 2 is 1.88 bits per heavy atom. The molecule has 2 amide bonds. The molecule has 0 heterocycles. The molecule has 0 aromatic heterocycles. The lowest BCUT2D eigenvalue weighted by atomic mass is 10.0. The van der Waals surface area contributed by atoms with Gasteiger partial charge in [-0.05, 0) is 36.6 Å². The van der Waals surface area contributed by atoms with Crippen molar-refractivity contribution in [2.75, 3.05) is 12.4 Å². The predicted molar refractivity (Wildman–Crippen MR) is 95.8 cm³/mol. The highest BCUT2D eigenvalue weighted by Gasteiger charge is 2.17. The lowest BCUT2D eigenvalue weighted by Gasteiger charge is -2.20. The van der Waals surface area contributed by atoms with Crippen molar-refractivity contribution >= 4 is 17.5 Å². The third-order valence-corrected chi connectivity index (χ3v) is 3.62. The minimum absolute atomic E-state index is 0.142. The first-order valence-electron chi connectivity index (χ1n) is 8.06. The lowest BCUT2D eigenvalue weighted by molar-refractivity contribution is -0.123. The van der Waals surface area contributed by atoms with Crippen LogP contribution in [0.25, 0.3) is 0 Å². The third kappa shape index (κ3) is 6.42. The molecule has 132 valence electrons. The van der Waals surface area contributed by atoms with Gasteiger partial charge < -0.3 is 21.1 Å². The summed E-state index contributed by atoms with van der Waals surface area (Å²) in [6.07, 6.45) is 3.68. The van der Waals surface area contributed by atoms with Crippen LogP contribution in [-0.2, 0) is 9.59 Å². The minimum atomic E-state index is -0.534. The van der Waals surface area contributed by atoms with Gasteiger partial charge in [-0.3, -0.25) is 9.59 Å². The van der Waals surface area contributed by atoms with Crippen LogP contribution in [0.2, 0.25) is 0 Å². The zero-order valence-electron chi connectivity index (χ0n) is 14.7. The van der Waals surface area contributed by atoms with E-state index in [0.29, 0.717) is 12.1 Å². The second kappa shape index (κ2) is 9.72. The Kier molecular flexibility index (Phi) is 7.98. The first-order valence-corrected chi connectivity index (χ1v) is 8.06. The average molecular weight is 333 g/mol. The summed E-state index contributed by atoms with van der Waals surface area (Å²) in [7, 11) is 1.58. The van der Waals surface area contributed by atoms with Gasteiger partial charge in [0.1, 0.15) is 5.75 Å². The molecule has 0 aliphatic carbocycles. The van der Waals surface area contributed by atoms with Gasteiger partial charge in [0, 0.05) is 17.8 Å². The topological polar surface area (TPSA) is 93.5 Å². The van der Waals surface area contributed by atoms with Gasteiger partial charge in [-0.1, -0.05) is 26.8 Å². The van der Waals surface area contributed by atoms with Gasteiger partial charge in [-0.2, -0.15) is 0 Å². The van der Waals surface area contributed by atoms with E-state index in [-0.39, 0.29) is 23.8 Å². The van der Waals surface area contributed by atoms with E-state index in [1.165, 1.54) is 6.08 Å². The number of carbonyl (C=O) groups is 2. The van der Waals surface area contributed by atoms with Crippen LogP contribution in [-0.4, -0.2) is 31.0 Å². The van der Waals surface area contributed by atoms with E-state index in [9.17, 15) is 9.59 Å². The standard InChI is InChI=1S/C18H27N3O3/c1-5-15(19)18(23)21-16(12(2)3)10-11-17(22)20-13-6-8-14(24-4)9-7-13/h6-12,15-16H,5,19H2,1-4H3,(H,20,22)(H,21,23)/b11-10+/t15-,16+/m0/s1. The van der Waals surface area contributed by atoms with Crippen molar-refractivity contribution in [3.8, 4) is 5.75 Å². The maximum absolute atomic E-state index is 12.0. The molecule has 1 aromatic rings. The highest BCUT2D eigenvalue weighted by molar-refractivity contribution is 5.99. The van der Waals surface area contributed by atoms with Crippen LogP contribution in [0.15, 0.2) is 36.4 Å². The first kappa shape index (κ1) is 19.7. The fraction of sp³-hybridized carbons (Fsp3) is 0.444. The summed E-state index contributed by atoms with van der Waals surface area (Å²) in [5.74, 6) is 0.387. The normalized spacial score (nSPS) is 13.6. The Morgan fingerprint density at radius 1 is 1.25 bits per heavy atom. The molecular weight excluding hydrogens is 306 g/mol. The number of ether oxygens (including phenoxy) is 1. The number of amides is 2. The van der Waals surface area contributed by atoms with E-state index in [1.807, 2.05) is 20.8 Å². The number of nitrogens with one attached hydrogen (secondary N) is 2. The quantitative estimate of drug-likeness (QED) is 0.635. The Hall–Kier alpha value is -2.34. The fourth-order valence-corrected chi connectivity index (χ4v) is 1.94. The molecule has 1 rings (SSSR count). The predicted octanol–water partition coefficient (Wildman–Crippen LogP) is 2.07. The van der Waals surface area contributed by atoms with Gasteiger partial charge >= 0.3 is 0 Å². The molecule has 0 fully saturated rings. The van der Waals surface area contributed by atoms with Crippen LogP contribution < -0.4 is 21.1 Å². The number of hydrogen-bond donors (Lipinski definition) is 3. The third-order valence-electron chi connectivity index (χ3n) is 3.62. The molecule has 6 nitrogen and oxygen atoms in total. The van der Waals surface area contributed by atoms with Crippen molar-refractivity contribution in [3.05, 3.63) is 36.4 Å². The molecule has 0 bridgehead atoms. The zero-order valence-corrected chi connectivity index (χ0v) is 14.7. The van der Waals surface area contributed by atoms with Gasteiger partial charge in [-0.25, -0.2) is 0 Å². The summed E-state index contributed by atoms with van der Waals surface area (Å²) in [5.41, 5.74) is 6.39. The van der Waals surface area contributed by atoms with Crippen molar-refractivity contribution < 1.29 is 14.3 Å². The first-order chi connectivity index (χ1) is 11.4. The molecule has 0 spiro atoms. The fourth-order valence-electron chi connectivity index (χ4n) is 1.94. The molecule has 4 N–H and O–H groups in total. The average Bonchev–Trinajstić information content (AvgIpc) is 2.57. The molecule has 2 atom stereocenters. The largest absolute Gasteiger partial charge is 0.497 e. The molecular formula is C18H27N3O3. The minimum Gasteiger partial charge on any atom is -0.497 e. The molecule has 0 radical (unpaired) electrons. The van der Waals surface area contributed by atoms with Crippen molar-refractivity contribution in [2.24, 2.45) is 11.7 Å². The number of carbonyl (C=O) groups excluding carboxylic acids is 2. The summed E-state index contributed by atoms with van der Waals surface area (Å²) in [6, 6.07) is 6.26. The number of hydrogen-bond acceptors (Lipinski definition) is 4. The maximum Gasteiger partial charge on any atom is 0.248 e. The van der Waals surface area contributed by atoms with E-state index in [0.717, 1.165) is 5.75 Å². The maximum atomic E-state index is 12.0. The molecule has 6 heteroatoms. The molecule has 0 saturated carbocycles. The van der Waals surface area contributed by atoms with Crippen molar-refractivity contribution in [1.29, 1.82) is 0 Å². The SMILES string of the molecule is CC[C@H](N)C(=O)N[C@H](/C=C/C(=O)Nc1ccc(OC)cc1)C(C)C. The van der Waals surface area contributed by atoms with Crippen LogP contribution in [0, 0.1) is 5.92 Å². The van der Waals surface area contributed by atoms with Gasteiger partial charge in [0.25, 0.3) is 0 Å². The van der Waals surface area contributed by atoms with Gasteiger partial charge in [0.05, 0.1) is 13.2 Å². The molecule has 0 unspecified atom stereocenters. The summed E-state index contributed by atoms with van der Waals surface area (Å²) >= 11 is 0. The summed E-state index contributed by atoms with van der Waals surface area (Å²) < 4.78 is 5.07. The molecule has 0 aliphatic rings. The van der Waals surface area contributed by atoms with E-state index in [2.05, 4.69) is 10.6 Å². The molecule has 0 aliphatic heterocycles. The summed E-state index contributed by atoms with van der Waals surface area (Å²) in [6.45, 7) is 5.79. The van der Waals surface area contributed by atoms with Crippen LogP contribution in [0.4, 0.5) is 5.69 Å². The number of anilines is 1. The van der Waals surface area contributed by atoms with Crippen LogP contribution >= 0.6 is 0 Å². The lowest BCUT2D eigenvalue weighted by Crippen LogP contribution is -2.46. The van der Waals surface area contributed by atoms with Gasteiger partial charge in [-0.15, -0.1) is 0 Å². The monoisotopic (exact) mass is 333 g/mol. The summed E-state index contributed by atoms with van der Waals surface area (Å²) in [5, 5.41) is 5.61. The Morgan fingerprint density at radius 3 is 2.38 bits per heavy atom. The zero-order chi connectivity index (χ0) is 18.1. The van der Waals surface area contributed by atoms with Crippen molar-refractivity contribution in [3.63, 3.8) is 0 Å². The van der Waals surface area contributed by atoms with E-state index >= 15 is 0 Å². The van der Waals surface area contributed by atoms with E-state index in [4.69, 9.17) is 10.5 Å². The molecule has 1 aromatic carbocycles. The smallest absolute Gasteiger partial charge is 0.248 e.